The standard InChI is InChI=1S/C28H35N3O8/c1-28(2,3)39-26(35)30-22(25(33)34)15-10-16-31(27(36)38-19-21-13-8-5-9-14-21)23(29)17-24(32)37-18-20-11-6-4-7-12-20/h4-9,11-14,22,29H,10,15-19H2,1-3H3,(H,30,35)(H,33,34)/t22-/m0/s1. The van der Waals surface area contributed by atoms with Gasteiger partial charge in [0, 0.05) is 6.54 Å². The van der Waals surface area contributed by atoms with Crippen molar-refractivity contribution in [2.75, 3.05) is 6.54 Å². The third-order valence-corrected chi connectivity index (χ3v) is 5.17. The lowest BCUT2D eigenvalue weighted by Crippen LogP contribution is -2.44. The van der Waals surface area contributed by atoms with E-state index in [1.807, 2.05) is 12.1 Å². The van der Waals surface area contributed by atoms with Crippen LogP contribution in [0.1, 0.15) is 51.2 Å². The summed E-state index contributed by atoms with van der Waals surface area (Å²) in [5, 5.41) is 20.2. The van der Waals surface area contributed by atoms with E-state index in [1.54, 1.807) is 69.3 Å². The molecule has 39 heavy (non-hydrogen) atoms. The highest BCUT2D eigenvalue weighted by Gasteiger charge is 2.26. The quantitative estimate of drug-likeness (QED) is 0.154. The highest BCUT2D eigenvalue weighted by molar-refractivity contribution is 6.02. The molecule has 0 spiro atoms. The van der Waals surface area contributed by atoms with Crippen molar-refractivity contribution in [2.45, 2.75) is 64.9 Å². The van der Waals surface area contributed by atoms with E-state index in [9.17, 15) is 24.3 Å². The number of amides is 2. The number of alkyl carbamates (subject to hydrolysis) is 1. The molecule has 210 valence electrons. The average molecular weight is 542 g/mol. The molecule has 2 rings (SSSR count). The number of amidine groups is 1. The normalized spacial score (nSPS) is 11.6. The summed E-state index contributed by atoms with van der Waals surface area (Å²) in [5.41, 5.74) is 0.692. The van der Waals surface area contributed by atoms with Crippen molar-refractivity contribution in [3.05, 3.63) is 71.8 Å². The maximum atomic E-state index is 12.9. The SMILES string of the molecule is CC(C)(C)OC(=O)N[C@@H](CCCN(C(=N)CC(=O)OCc1ccccc1)C(=O)OCc1ccccc1)C(=O)O. The number of ether oxygens (including phenoxy) is 3. The Balaban J connectivity index is 2.01. The number of carboxylic acid groups (broad SMARTS) is 1. The lowest BCUT2D eigenvalue weighted by molar-refractivity contribution is -0.143. The Morgan fingerprint density at radius 1 is 0.923 bits per heavy atom. The van der Waals surface area contributed by atoms with Gasteiger partial charge >= 0.3 is 24.1 Å². The number of aliphatic carboxylic acids is 1. The number of rotatable bonds is 12. The molecule has 2 amide bonds. The molecular formula is C28H35N3O8. The summed E-state index contributed by atoms with van der Waals surface area (Å²) in [6, 6.07) is 16.7. The Hall–Kier alpha value is -4.41. The number of esters is 1. The number of nitrogens with one attached hydrogen (secondary N) is 2. The van der Waals surface area contributed by atoms with E-state index in [-0.39, 0.29) is 38.4 Å². The number of carboxylic acids is 1. The van der Waals surface area contributed by atoms with Crippen molar-refractivity contribution < 1.29 is 38.5 Å². The van der Waals surface area contributed by atoms with Crippen LogP contribution in [0.25, 0.3) is 0 Å². The zero-order valence-corrected chi connectivity index (χ0v) is 22.3. The number of hydrogen-bond donors (Lipinski definition) is 3. The largest absolute Gasteiger partial charge is 0.480 e. The van der Waals surface area contributed by atoms with Crippen molar-refractivity contribution in [2.24, 2.45) is 0 Å². The fraction of sp³-hybridized carbons (Fsp3) is 0.393. The minimum atomic E-state index is -1.29. The Bertz CT molecular complexity index is 1120. The second kappa shape index (κ2) is 15.1. The molecule has 11 heteroatoms. The van der Waals surface area contributed by atoms with E-state index in [0.717, 1.165) is 16.0 Å². The number of benzene rings is 2. The third-order valence-electron chi connectivity index (χ3n) is 5.17. The van der Waals surface area contributed by atoms with Crippen molar-refractivity contribution in [1.82, 2.24) is 10.2 Å². The molecule has 1 atom stereocenters. The summed E-state index contributed by atoms with van der Waals surface area (Å²) in [5.74, 6) is -2.35. The molecular weight excluding hydrogens is 506 g/mol. The van der Waals surface area contributed by atoms with Gasteiger partial charge in [-0.2, -0.15) is 0 Å². The predicted molar refractivity (Wildman–Crippen MR) is 142 cm³/mol. The minimum Gasteiger partial charge on any atom is -0.480 e. The fourth-order valence-electron chi connectivity index (χ4n) is 3.32. The van der Waals surface area contributed by atoms with Gasteiger partial charge in [-0.3, -0.25) is 15.1 Å². The smallest absolute Gasteiger partial charge is 0.415 e. The van der Waals surface area contributed by atoms with Gasteiger partial charge in [-0.25, -0.2) is 14.4 Å². The Morgan fingerprint density at radius 2 is 1.46 bits per heavy atom. The topological polar surface area (TPSA) is 155 Å². The second-order valence-electron chi connectivity index (χ2n) is 9.64. The lowest BCUT2D eigenvalue weighted by Gasteiger charge is -2.24. The van der Waals surface area contributed by atoms with Crippen molar-refractivity contribution in [3.8, 4) is 0 Å². The molecule has 0 aromatic heterocycles. The fourth-order valence-corrected chi connectivity index (χ4v) is 3.32. The van der Waals surface area contributed by atoms with Crippen LogP contribution in [0.2, 0.25) is 0 Å². The van der Waals surface area contributed by atoms with Gasteiger partial charge in [0.15, 0.2) is 0 Å². The minimum absolute atomic E-state index is 0.0159. The van der Waals surface area contributed by atoms with Crippen LogP contribution >= 0.6 is 0 Å². The molecule has 0 heterocycles. The molecule has 11 nitrogen and oxygen atoms in total. The Kier molecular flexibility index (Phi) is 11.9. The van der Waals surface area contributed by atoms with Crippen molar-refractivity contribution >= 4 is 30.0 Å². The van der Waals surface area contributed by atoms with Crippen LogP contribution < -0.4 is 5.32 Å². The van der Waals surface area contributed by atoms with Gasteiger partial charge in [0.1, 0.15) is 37.1 Å². The van der Waals surface area contributed by atoms with E-state index in [1.165, 1.54) is 0 Å². The Morgan fingerprint density at radius 3 is 1.97 bits per heavy atom. The molecule has 3 N–H and O–H groups in total. The van der Waals surface area contributed by atoms with Gasteiger partial charge in [0.2, 0.25) is 0 Å². The molecule has 0 saturated heterocycles. The summed E-state index contributed by atoms with van der Waals surface area (Å²) >= 11 is 0. The van der Waals surface area contributed by atoms with Crippen LogP contribution in [0.15, 0.2) is 60.7 Å². The van der Waals surface area contributed by atoms with Gasteiger partial charge in [-0.1, -0.05) is 60.7 Å². The monoisotopic (exact) mass is 541 g/mol. The first-order valence-electron chi connectivity index (χ1n) is 12.4. The zero-order chi connectivity index (χ0) is 28.8. The van der Waals surface area contributed by atoms with Gasteiger partial charge in [0.05, 0.1) is 0 Å². The molecule has 0 radical (unpaired) electrons. The first-order chi connectivity index (χ1) is 18.4. The van der Waals surface area contributed by atoms with Gasteiger partial charge in [-0.15, -0.1) is 0 Å². The number of carbonyl (C=O) groups excluding carboxylic acids is 3. The lowest BCUT2D eigenvalue weighted by atomic mass is 10.1. The summed E-state index contributed by atoms with van der Waals surface area (Å²) in [6.45, 7) is 4.79. The Labute approximate surface area is 227 Å². The average Bonchev–Trinajstić information content (AvgIpc) is 2.87. The summed E-state index contributed by atoms with van der Waals surface area (Å²) in [4.78, 5) is 49.9. The van der Waals surface area contributed by atoms with Gasteiger partial charge in [0.25, 0.3) is 0 Å². The van der Waals surface area contributed by atoms with Crippen molar-refractivity contribution in [3.63, 3.8) is 0 Å². The van der Waals surface area contributed by atoms with Crippen LogP contribution in [0.5, 0.6) is 0 Å². The van der Waals surface area contributed by atoms with Crippen LogP contribution in [-0.4, -0.2) is 58.2 Å². The first-order valence-corrected chi connectivity index (χ1v) is 12.4. The first kappa shape index (κ1) is 30.8. The summed E-state index contributed by atoms with van der Waals surface area (Å²) < 4.78 is 15.7. The molecule has 0 aliphatic carbocycles. The zero-order valence-electron chi connectivity index (χ0n) is 22.3. The van der Waals surface area contributed by atoms with Gasteiger partial charge < -0.3 is 24.6 Å². The molecule has 0 aliphatic rings. The van der Waals surface area contributed by atoms with E-state index < -0.39 is 42.2 Å². The van der Waals surface area contributed by atoms with Crippen LogP contribution in [0, 0.1) is 5.41 Å². The molecule has 0 bridgehead atoms. The molecule has 0 unspecified atom stereocenters. The highest BCUT2D eigenvalue weighted by atomic mass is 16.6. The maximum Gasteiger partial charge on any atom is 0.415 e. The van der Waals surface area contributed by atoms with Crippen molar-refractivity contribution in [1.29, 1.82) is 5.41 Å². The highest BCUT2D eigenvalue weighted by Crippen LogP contribution is 2.11. The summed E-state index contributed by atoms with van der Waals surface area (Å²) in [7, 11) is 0. The van der Waals surface area contributed by atoms with Gasteiger partial charge in [-0.05, 0) is 44.7 Å². The van der Waals surface area contributed by atoms with E-state index in [2.05, 4.69) is 5.32 Å². The van der Waals surface area contributed by atoms with E-state index in [4.69, 9.17) is 19.6 Å². The number of carbonyl (C=O) groups is 4. The second-order valence-corrected chi connectivity index (χ2v) is 9.64. The number of nitrogens with zero attached hydrogens (tertiary/aromatic N) is 1. The number of hydrogen-bond acceptors (Lipinski definition) is 8. The molecule has 0 aliphatic heterocycles. The molecule has 0 fully saturated rings. The third kappa shape index (κ3) is 12.1. The molecule has 0 saturated carbocycles. The predicted octanol–water partition coefficient (Wildman–Crippen LogP) is 4.49. The maximum absolute atomic E-state index is 12.9. The van der Waals surface area contributed by atoms with E-state index in [0.29, 0.717) is 0 Å². The van der Waals surface area contributed by atoms with E-state index >= 15 is 0 Å². The molecule has 2 aromatic rings. The summed E-state index contributed by atoms with van der Waals surface area (Å²) in [6.07, 6.45) is -2.24. The molecule has 2 aromatic carbocycles. The van der Waals surface area contributed by atoms with Crippen LogP contribution in [0.3, 0.4) is 0 Å². The van der Waals surface area contributed by atoms with Crippen LogP contribution in [-0.2, 0) is 37.0 Å². The van der Waals surface area contributed by atoms with Crippen LogP contribution in [0.4, 0.5) is 9.59 Å².